The SMILES string of the molecule is O=C1c2oc3ccccc3c(=O)c2C(c2ccco2)N1CCN1CCOCC1. The average Bonchev–Trinajstić information content (AvgIpc) is 3.35. The number of hydrogen-bond donors (Lipinski definition) is 0. The lowest BCUT2D eigenvalue weighted by Gasteiger charge is -2.30. The smallest absolute Gasteiger partial charge is 0.291 e. The standard InChI is InChI=1S/C21H20N2O5/c24-19-14-4-1-2-5-15(14)28-20-17(19)18(16-6-3-11-27-16)23(21(20)25)8-7-22-9-12-26-13-10-22/h1-6,11,18H,7-10,12-13H2. The molecule has 1 atom stereocenters. The highest BCUT2D eigenvalue weighted by atomic mass is 16.5. The molecule has 0 aliphatic carbocycles. The van der Waals surface area contributed by atoms with Crippen molar-refractivity contribution in [3.05, 3.63) is 70.0 Å². The van der Waals surface area contributed by atoms with Gasteiger partial charge < -0.3 is 18.5 Å². The molecule has 1 amide bonds. The molecule has 0 N–H and O–H groups in total. The van der Waals surface area contributed by atoms with Gasteiger partial charge in [0, 0.05) is 26.2 Å². The van der Waals surface area contributed by atoms with Crippen LogP contribution in [0.4, 0.5) is 0 Å². The maximum Gasteiger partial charge on any atom is 0.291 e. The number of nitrogens with zero attached hydrogens (tertiary/aromatic N) is 2. The number of ether oxygens (including phenoxy) is 1. The van der Waals surface area contributed by atoms with E-state index in [0.29, 0.717) is 48.6 Å². The normalized spacial score (nSPS) is 20.1. The molecule has 0 saturated carbocycles. The van der Waals surface area contributed by atoms with Crippen molar-refractivity contribution in [1.82, 2.24) is 9.80 Å². The average molecular weight is 380 g/mol. The summed E-state index contributed by atoms with van der Waals surface area (Å²) < 4.78 is 16.9. The first-order valence-corrected chi connectivity index (χ1v) is 9.44. The Morgan fingerprint density at radius 2 is 1.82 bits per heavy atom. The molecule has 0 radical (unpaired) electrons. The quantitative estimate of drug-likeness (QED) is 0.691. The van der Waals surface area contributed by atoms with Crippen molar-refractivity contribution < 1.29 is 18.4 Å². The first-order valence-electron chi connectivity index (χ1n) is 9.44. The van der Waals surface area contributed by atoms with Gasteiger partial charge in [0.15, 0.2) is 5.43 Å². The van der Waals surface area contributed by atoms with Gasteiger partial charge in [-0.05, 0) is 24.3 Å². The highest BCUT2D eigenvalue weighted by Crippen LogP contribution is 2.38. The van der Waals surface area contributed by atoms with Crippen molar-refractivity contribution in [2.24, 2.45) is 0 Å². The molecular weight excluding hydrogens is 360 g/mol. The summed E-state index contributed by atoms with van der Waals surface area (Å²) in [6, 6.07) is 10.0. The van der Waals surface area contributed by atoms with Crippen LogP contribution < -0.4 is 5.43 Å². The van der Waals surface area contributed by atoms with Crippen LogP contribution in [-0.2, 0) is 4.74 Å². The van der Waals surface area contributed by atoms with Gasteiger partial charge in [-0.15, -0.1) is 0 Å². The molecule has 2 aliphatic heterocycles. The Kier molecular flexibility index (Phi) is 4.26. The second-order valence-corrected chi connectivity index (χ2v) is 7.04. The molecule has 28 heavy (non-hydrogen) atoms. The van der Waals surface area contributed by atoms with Gasteiger partial charge in [-0.1, -0.05) is 12.1 Å². The van der Waals surface area contributed by atoms with E-state index in [-0.39, 0.29) is 17.1 Å². The molecule has 7 nitrogen and oxygen atoms in total. The van der Waals surface area contributed by atoms with Crippen LogP contribution in [0.25, 0.3) is 11.0 Å². The molecule has 1 fully saturated rings. The fourth-order valence-electron chi connectivity index (χ4n) is 4.01. The summed E-state index contributed by atoms with van der Waals surface area (Å²) in [5, 5.41) is 0.473. The number of amides is 1. The summed E-state index contributed by atoms with van der Waals surface area (Å²) in [5.74, 6) is 0.413. The van der Waals surface area contributed by atoms with Gasteiger partial charge in [0.25, 0.3) is 5.91 Å². The lowest BCUT2D eigenvalue weighted by atomic mass is 10.0. The number of benzene rings is 1. The van der Waals surface area contributed by atoms with E-state index in [1.54, 1.807) is 47.6 Å². The Morgan fingerprint density at radius 3 is 2.61 bits per heavy atom. The van der Waals surface area contributed by atoms with Gasteiger partial charge >= 0.3 is 0 Å². The Morgan fingerprint density at radius 1 is 1.00 bits per heavy atom. The number of rotatable bonds is 4. The van der Waals surface area contributed by atoms with Gasteiger partial charge in [-0.2, -0.15) is 0 Å². The fraction of sp³-hybridized carbons (Fsp3) is 0.333. The minimum atomic E-state index is -0.570. The molecule has 144 valence electrons. The van der Waals surface area contributed by atoms with Crippen molar-refractivity contribution in [2.75, 3.05) is 39.4 Å². The Labute approximate surface area is 161 Å². The van der Waals surface area contributed by atoms with Crippen LogP contribution in [0.2, 0.25) is 0 Å². The van der Waals surface area contributed by atoms with Crippen LogP contribution in [0.3, 0.4) is 0 Å². The van der Waals surface area contributed by atoms with E-state index < -0.39 is 6.04 Å². The Balaban J connectivity index is 1.57. The van der Waals surface area contributed by atoms with Crippen LogP contribution in [0.1, 0.15) is 27.9 Å². The number of carbonyl (C=O) groups excluding carboxylic acids is 1. The van der Waals surface area contributed by atoms with E-state index in [2.05, 4.69) is 4.90 Å². The van der Waals surface area contributed by atoms with Crippen LogP contribution in [0.15, 0.2) is 56.3 Å². The summed E-state index contributed by atoms with van der Waals surface area (Å²) in [5.41, 5.74) is 0.605. The molecule has 2 aliphatic rings. The van der Waals surface area contributed by atoms with Crippen LogP contribution in [0, 0.1) is 0 Å². The number of para-hydroxylation sites is 1. The third kappa shape index (κ3) is 2.75. The third-order valence-corrected chi connectivity index (χ3v) is 5.45. The second-order valence-electron chi connectivity index (χ2n) is 7.04. The fourth-order valence-corrected chi connectivity index (χ4v) is 4.01. The number of fused-ring (bicyclic) bond motifs is 2. The molecule has 7 heteroatoms. The summed E-state index contributed by atoms with van der Waals surface area (Å²) in [6.45, 7) is 4.24. The maximum absolute atomic E-state index is 13.2. The van der Waals surface area contributed by atoms with Crippen LogP contribution in [-0.4, -0.2) is 55.1 Å². The molecule has 0 spiro atoms. The predicted molar refractivity (Wildman–Crippen MR) is 101 cm³/mol. The molecule has 5 rings (SSSR count). The van der Waals surface area contributed by atoms with Gasteiger partial charge in [-0.25, -0.2) is 0 Å². The first-order chi connectivity index (χ1) is 13.7. The molecule has 0 bridgehead atoms. The number of hydrogen-bond acceptors (Lipinski definition) is 6. The molecule has 3 aromatic rings. The van der Waals surface area contributed by atoms with E-state index in [1.807, 2.05) is 0 Å². The van der Waals surface area contributed by atoms with Crippen LogP contribution >= 0.6 is 0 Å². The van der Waals surface area contributed by atoms with E-state index >= 15 is 0 Å². The largest absolute Gasteiger partial charge is 0.467 e. The lowest BCUT2D eigenvalue weighted by Crippen LogP contribution is -2.42. The molecule has 4 heterocycles. The zero-order valence-electron chi connectivity index (χ0n) is 15.3. The van der Waals surface area contributed by atoms with Gasteiger partial charge in [0.1, 0.15) is 17.4 Å². The van der Waals surface area contributed by atoms with Crippen molar-refractivity contribution in [3.63, 3.8) is 0 Å². The van der Waals surface area contributed by atoms with Gasteiger partial charge in [0.05, 0.1) is 30.4 Å². The molecular formula is C21H20N2O5. The maximum atomic E-state index is 13.2. The minimum Gasteiger partial charge on any atom is -0.467 e. The van der Waals surface area contributed by atoms with E-state index in [9.17, 15) is 9.59 Å². The Hall–Kier alpha value is -2.90. The summed E-state index contributed by atoms with van der Waals surface area (Å²) >= 11 is 0. The highest BCUT2D eigenvalue weighted by molar-refractivity contribution is 5.98. The monoisotopic (exact) mass is 380 g/mol. The van der Waals surface area contributed by atoms with Crippen molar-refractivity contribution >= 4 is 16.9 Å². The minimum absolute atomic E-state index is 0.118. The van der Waals surface area contributed by atoms with Crippen molar-refractivity contribution in [3.8, 4) is 0 Å². The summed E-state index contributed by atoms with van der Waals surface area (Å²) in [7, 11) is 0. The number of carbonyl (C=O) groups is 1. The molecule has 1 unspecified atom stereocenters. The van der Waals surface area contributed by atoms with Crippen molar-refractivity contribution in [1.29, 1.82) is 0 Å². The summed E-state index contributed by atoms with van der Waals surface area (Å²) in [4.78, 5) is 30.3. The molecule has 1 aromatic carbocycles. The topological polar surface area (TPSA) is 76.1 Å². The number of morpholine rings is 1. The van der Waals surface area contributed by atoms with E-state index in [1.165, 1.54) is 0 Å². The van der Waals surface area contributed by atoms with Gasteiger partial charge in [0.2, 0.25) is 5.76 Å². The number of furan rings is 1. The predicted octanol–water partition coefficient (Wildman–Crippen LogP) is 2.26. The summed E-state index contributed by atoms with van der Waals surface area (Å²) in [6.07, 6.45) is 1.56. The van der Waals surface area contributed by atoms with Crippen molar-refractivity contribution in [2.45, 2.75) is 6.04 Å². The highest BCUT2D eigenvalue weighted by Gasteiger charge is 2.44. The molecule has 2 aromatic heterocycles. The van der Waals surface area contributed by atoms with E-state index in [0.717, 1.165) is 13.1 Å². The second kappa shape index (κ2) is 6.92. The molecule has 1 saturated heterocycles. The van der Waals surface area contributed by atoms with Gasteiger partial charge in [-0.3, -0.25) is 14.5 Å². The third-order valence-electron chi connectivity index (χ3n) is 5.45. The Bertz CT molecular complexity index is 1070. The van der Waals surface area contributed by atoms with Crippen LogP contribution in [0.5, 0.6) is 0 Å². The lowest BCUT2D eigenvalue weighted by molar-refractivity contribution is 0.0310. The first kappa shape index (κ1) is 17.2. The van der Waals surface area contributed by atoms with E-state index in [4.69, 9.17) is 13.6 Å². The zero-order valence-corrected chi connectivity index (χ0v) is 15.3. The zero-order chi connectivity index (χ0) is 19.1.